The fraction of sp³-hybridized carbons (Fsp3) is 0.455. The van der Waals surface area contributed by atoms with Crippen molar-refractivity contribution in [3.8, 4) is 0 Å². The molecule has 0 bridgehead atoms. The lowest BCUT2D eigenvalue weighted by Gasteiger charge is -2.36. The minimum atomic E-state index is -0.0776. The second kappa shape index (κ2) is 8.53. The molecule has 1 atom stereocenters. The lowest BCUT2D eigenvalue weighted by atomic mass is 10.0. The molecule has 2 aliphatic rings. The molecule has 0 radical (unpaired) electrons. The third kappa shape index (κ3) is 4.14. The topological polar surface area (TPSA) is 42.1 Å². The molecular weight excluding hydrogens is 336 g/mol. The van der Waals surface area contributed by atoms with Crippen LogP contribution in [0.15, 0.2) is 54.7 Å². The van der Waals surface area contributed by atoms with Crippen LogP contribution < -0.4 is 14.8 Å². The van der Waals surface area contributed by atoms with E-state index in [0.29, 0.717) is 5.91 Å². The van der Waals surface area contributed by atoms with Crippen LogP contribution >= 0.6 is 0 Å². The average molecular weight is 367 g/mol. The van der Waals surface area contributed by atoms with Gasteiger partial charge >= 0.3 is 0 Å². The first-order valence-electron chi connectivity index (χ1n) is 10.2. The number of piperidine rings is 1. The number of aromatic amines is 1. The van der Waals surface area contributed by atoms with Crippen molar-refractivity contribution < 1.29 is 14.7 Å². The molecule has 142 valence electrons. The van der Waals surface area contributed by atoms with E-state index in [1.54, 1.807) is 0 Å². The van der Waals surface area contributed by atoms with E-state index in [0.717, 1.165) is 63.5 Å². The molecule has 3 heterocycles. The van der Waals surface area contributed by atoms with E-state index in [2.05, 4.69) is 51.2 Å². The number of benzene rings is 1. The van der Waals surface area contributed by atoms with Crippen LogP contribution in [0.2, 0.25) is 0 Å². The summed E-state index contributed by atoms with van der Waals surface area (Å²) in [5, 5.41) is 0. The second-order valence-corrected chi connectivity index (χ2v) is 7.62. The van der Waals surface area contributed by atoms with E-state index >= 15 is 0 Å². The maximum Gasteiger partial charge on any atom is 0.285 e. The first-order valence-corrected chi connectivity index (χ1v) is 10.2. The summed E-state index contributed by atoms with van der Waals surface area (Å²) in [7, 11) is 0. The van der Waals surface area contributed by atoms with E-state index in [1.807, 2.05) is 18.3 Å². The summed E-state index contributed by atoms with van der Waals surface area (Å²) in [6.07, 6.45) is 5.50. The van der Waals surface area contributed by atoms with Crippen molar-refractivity contribution in [2.45, 2.75) is 25.3 Å². The summed E-state index contributed by atoms with van der Waals surface area (Å²) >= 11 is 0. The number of quaternary nitrogens is 1. The maximum atomic E-state index is 13.4. The quantitative estimate of drug-likeness (QED) is 0.876. The summed E-state index contributed by atoms with van der Waals surface area (Å²) in [6, 6.07) is 16.5. The summed E-state index contributed by atoms with van der Waals surface area (Å²) in [5.41, 5.74) is 1.16. The molecule has 1 aromatic heterocycles. The number of hydrogen-bond donors (Lipinski definition) is 1. The van der Waals surface area contributed by atoms with E-state index in [-0.39, 0.29) is 6.04 Å². The molecule has 5 nitrogen and oxygen atoms in total. The third-order valence-corrected chi connectivity index (χ3v) is 5.89. The molecule has 2 aromatic rings. The molecule has 1 amide bonds. The SMILES string of the molecule is O=C([C@@H](c1ccccc1)[NH+]1CCN(c2cccc[nH+]2)CC1)N1CCCCC1. The molecule has 5 heteroatoms. The van der Waals surface area contributed by atoms with Crippen LogP contribution in [0.5, 0.6) is 0 Å². The summed E-state index contributed by atoms with van der Waals surface area (Å²) < 4.78 is 0. The van der Waals surface area contributed by atoms with Gasteiger partial charge in [-0.25, -0.2) is 4.98 Å². The van der Waals surface area contributed by atoms with Crippen LogP contribution in [0, 0.1) is 0 Å². The first kappa shape index (κ1) is 18.0. The van der Waals surface area contributed by atoms with Gasteiger partial charge in [-0.15, -0.1) is 0 Å². The number of likely N-dealkylation sites (tertiary alicyclic amines) is 1. The zero-order valence-corrected chi connectivity index (χ0v) is 15.9. The number of piperazine rings is 1. The van der Waals surface area contributed by atoms with Crippen molar-refractivity contribution >= 4 is 11.7 Å². The van der Waals surface area contributed by atoms with Crippen LogP contribution in [0.3, 0.4) is 0 Å². The van der Waals surface area contributed by atoms with Gasteiger partial charge in [0, 0.05) is 24.7 Å². The van der Waals surface area contributed by atoms with Gasteiger partial charge < -0.3 is 9.80 Å². The Bertz CT molecular complexity index is 722. The van der Waals surface area contributed by atoms with Gasteiger partial charge in [0.1, 0.15) is 26.2 Å². The largest absolute Gasteiger partial charge is 0.337 e. The molecule has 0 unspecified atom stereocenters. The highest BCUT2D eigenvalue weighted by molar-refractivity contribution is 5.82. The second-order valence-electron chi connectivity index (χ2n) is 7.62. The normalized spacial score (nSPS) is 19.7. The number of carbonyl (C=O) groups excluding carboxylic acids is 1. The van der Waals surface area contributed by atoms with Crippen LogP contribution in [0.4, 0.5) is 5.82 Å². The Morgan fingerprint density at radius 1 is 0.889 bits per heavy atom. The Balaban J connectivity index is 1.50. The Labute approximate surface area is 161 Å². The van der Waals surface area contributed by atoms with Gasteiger partial charge in [-0.1, -0.05) is 36.4 Å². The zero-order valence-electron chi connectivity index (χ0n) is 15.9. The molecule has 0 saturated carbocycles. The van der Waals surface area contributed by atoms with E-state index in [1.165, 1.54) is 11.3 Å². The highest BCUT2D eigenvalue weighted by atomic mass is 16.2. The molecule has 2 N–H and O–H groups in total. The van der Waals surface area contributed by atoms with Crippen LogP contribution in [-0.4, -0.2) is 50.1 Å². The number of H-pyrrole nitrogens is 1. The molecule has 0 spiro atoms. The standard InChI is InChI=1S/C22H28N4O/c27-22(26-13-7-2-8-14-26)21(19-9-3-1-4-10-19)25-17-15-24(16-18-25)20-11-5-6-12-23-20/h1,3-6,9-12,21H,2,7-8,13-18H2/p+2/t21-/m1/s1. The van der Waals surface area contributed by atoms with Crippen LogP contribution in [0.1, 0.15) is 30.9 Å². The number of hydrogen-bond acceptors (Lipinski definition) is 2. The van der Waals surface area contributed by atoms with Crippen molar-refractivity contribution in [3.63, 3.8) is 0 Å². The molecule has 2 aliphatic heterocycles. The van der Waals surface area contributed by atoms with Gasteiger partial charge in [-0.05, 0) is 25.3 Å². The minimum Gasteiger partial charge on any atom is -0.337 e. The van der Waals surface area contributed by atoms with Gasteiger partial charge in [-0.2, -0.15) is 0 Å². The number of pyridine rings is 1. The Kier molecular flexibility index (Phi) is 5.68. The van der Waals surface area contributed by atoms with Crippen molar-refractivity contribution in [2.75, 3.05) is 44.2 Å². The highest BCUT2D eigenvalue weighted by Crippen LogP contribution is 2.18. The predicted octanol–water partition coefficient (Wildman–Crippen LogP) is 0.959. The Morgan fingerprint density at radius 2 is 1.59 bits per heavy atom. The lowest BCUT2D eigenvalue weighted by Crippen LogP contribution is -3.16. The summed E-state index contributed by atoms with van der Waals surface area (Å²) in [5.74, 6) is 1.48. The Morgan fingerprint density at radius 3 is 2.26 bits per heavy atom. The zero-order chi connectivity index (χ0) is 18.5. The van der Waals surface area contributed by atoms with Crippen LogP contribution in [0.25, 0.3) is 0 Å². The first-order chi connectivity index (χ1) is 13.3. The van der Waals surface area contributed by atoms with Crippen molar-refractivity contribution in [1.82, 2.24) is 4.90 Å². The molecule has 2 saturated heterocycles. The molecule has 27 heavy (non-hydrogen) atoms. The fourth-order valence-electron chi connectivity index (χ4n) is 4.40. The lowest BCUT2D eigenvalue weighted by molar-refractivity contribution is -0.923. The van der Waals surface area contributed by atoms with Gasteiger partial charge in [0.05, 0.1) is 6.20 Å². The summed E-state index contributed by atoms with van der Waals surface area (Å²) in [6.45, 7) is 5.71. The smallest absolute Gasteiger partial charge is 0.285 e. The molecule has 2 fully saturated rings. The molecule has 1 aromatic carbocycles. The van der Waals surface area contributed by atoms with Gasteiger partial charge in [0.15, 0.2) is 6.04 Å². The fourth-order valence-corrected chi connectivity index (χ4v) is 4.40. The maximum absolute atomic E-state index is 13.4. The number of nitrogens with zero attached hydrogens (tertiary/aromatic N) is 2. The van der Waals surface area contributed by atoms with E-state index in [4.69, 9.17) is 0 Å². The van der Waals surface area contributed by atoms with Crippen molar-refractivity contribution in [3.05, 3.63) is 60.3 Å². The predicted molar refractivity (Wildman–Crippen MR) is 106 cm³/mol. The number of anilines is 1. The van der Waals surface area contributed by atoms with E-state index in [9.17, 15) is 4.79 Å². The number of nitrogens with one attached hydrogen (secondary N) is 2. The van der Waals surface area contributed by atoms with Crippen LogP contribution in [-0.2, 0) is 4.79 Å². The number of rotatable bonds is 4. The Hall–Kier alpha value is -2.40. The molecule has 0 aliphatic carbocycles. The van der Waals surface area contributed by atoms with Crippen molar-refractivity contribution in [1.29, 1.82) is 0 Å². The third-order valence-electron chi connectivity index (χ3n) is 5.89. The summed E-state index contributed by atoms with van der Waals surface area (Å²) in [4.78, 5) is 22.6. The monoisotopic (exact) mass is 366 g/mol. The molecule has 4 rings (SSSR count). The number of carbonyl (C=O) groups is 1. The average Bonchev–Trinajstić information content (AvgIpc) is 2.76. The van der Waals surface area contributed by atoms with Crippen molar-refractivity contribution in [2.24, 2.45) is 0 Å². The minimum absolute atomic E-state index is 0.0776. The number of amides is 1. The van der Waals surface area contributed by atoms with Gasteiger partial charge in [-0.3, -0.25) is 9.69 Å². The highest BCUT2D eigenvalue weighted by Gasteiger charge is 2.38. The van der Waals surface area contributed by atoms with E-state index < -0.39 is 0 Å². The van der Waals surface area contributed by atoms with Gasteiger partial charge in [0.2, 0.25) is 0 Å². The van der Waals surface area contributed by atoms with Gasteiger partial charge in [0.25, 0.3) is 11.7 Å². The number of aromatic nitrogens is 1. The molecular formula is C22H30N4O+2.